The second-order valence-electron chi connectivity index (χ2n) is 6.73. The van der Waals surface area contributed by atoms with Crippen molar-refractivity contribution in [2.24, 2.45) is 5.92 Å². The van der Waals surface area contributed by atoms with E-state index in [1.54, 1.807) is 24.1 Å². The Kier molecular flexibility index (Phi) is 6.11. The van der Waals surface area contributed by atoms with Crippen molar-refractivity contribution in [1.29, 1.82) is 0 Å². The number of nitrogens with zero attached hydrogens (tertiary/aromatic N) is 1. The van der Waals surface area contributed by atoms with Crippen molar-refractivity contribution in [3.63, 3.8) is 0 Å². The standard InChI is InChI=1S/C16H23ClN2O4S/c1-16(2,3)23-15(21)19-8-10(11(9-19)22-4)7-18-14(20)12-5-6-13(17)24-12/h5-6,10-11H,7-9H2,1-4H3,(H,18,20)/t10-,11-/m1/s1. The molecular weight excluding hydrogens is 352 g/mol. The highest BCUT2D eigenvalue weighted by molar-refractivity contribution is 7.17. The van der Waals surface area contributed by atoms with Crippen LogP contribution in [0.1, 0.15) is 30.4 Å². The Morgan fingerprint density at radius 3 is 2.62 bits per heavy atom. The third-order valence-electron chi connectivity index (χ3n) is 3.66. The SMILES string of the molecule is CO[C@@H]1CN(C(=O)OC(C)(C)C)C[C@H]1CNC(=O)c1ccc(Cl)s1. The van der Waals surface area contributed by atoms with Crippen LogP contribution in [0.5, 0.6) is 0 Å². The number of ether oxygens (including phenoxy) is 2. The van der Waals surface area contributed by atoms with Crippen molar-refractivity contribution in [2.75, 3.05) is 26.7 Å². The van der Waals surface area contributed by atoms with Crippen LogP contribution in [0.15, 0.2) is 12.1 Å². The van der Waals surface area contributed by atoms with Gasteiger partial charge in [-0.3, -0.25) is 4.79 Å². The van der Waals surface area contributed by atoms with Gasteiger partial charge in [0, 0.05) is 26.1 Å². The van der Waals surface area contributed by atoms with E-state index in [-0.39, 0.29) is 24.0 Å². The van der Waals surface area contributed by atoms with Gasteiger partial charge in [0.15, 0.2) is 0 Å². The molecule has 8 heteroatoms. The maximum absolute atomic E-state index is 12.2. The molecule has 2 heterocycles. The van der Waals surface area contributed by atoms with E-state index in [0.717, 1.165) is 0 Å². The molecule has 134 valence electrons. The quantitative estimate of drug-likeness (QED) is 0.879. The number of methoxy groups -OCH3 is 1. The molecule has 0 aromatic carbocycles. The minimum absolute atomic E-state index is 0.0157. The molecule has 1 saturated heterocycles. The van der Waals surface area contributed by atoms with Gasteiger partial charge in [-0.2, -0.15) is 0 Å². The van der Waals surface area contributed by atoms with E-state index >= 15 is 0 Å². The van der Waals surface area contributed by atoms with Crippen LogP contribution in [0.3, 0.4) is 0 Å². The molecule has 1 aliphatic heterocycles. The average molecular weight is 375 g/mol. The van der Waals surface area contributed by atoms with E-state index in [9.17, 15) is 9.59 Å². The number of carbonyl (C=O) groups is 2. The molecule has 0 aliphatic carbocycles. The Morgan fingerprint density at radius 1 is 1.38 bits per heavy atom. The van der Waals surface area contributed by atoms with Crippen molar-refractivity contribution in [1.82, 2.24) is 10.2 Å². The van der Waals surface area contributed by atoms with Crippen LogP contribution in [0.2, 0.25) is 4.34 Å². The van der Waals surface area contributed by atoms with E-state index in [2.05, 4.69) is 5.32 Å². The molecular formula is C16H23ClN2O4S. The first-order valence-corrected chi connectivity index (χ1v) is 8.93. The predicted octanol–water partition coefficient (Wildman–Crippen LogP) is 3.01. The van der Waals surface area contributed by atoms with E-state index < -0.39 is 5.60 Å². The highest BCUT2D eigenvalue weighted by atomic mass is 35.5. The summed E-state index contributed by atoms with van der Waals surface area (Å²) in [4.78, 5) is 26.5. The van der Waals surface area contributed by atoms with Crippen molar-refractivity contribution in [3.8, 4) is 0 Å². The molecule has 2 amide bonds. The van der Waals surface area contributed by atoms with Crippen LogP contribution in [0, 0.1) is 5.92 Å². The lowest BCUT2D eigenvalue weighted by Crippen LogP contribution is -2.36. The van der Waals surface area contributed by atoms with E-state index in [4.69, 9.17) is 21.1 Å². The zero-order valence-corrected chi connectivity index (χ0v) is 15.9. The van der Waals surface area contributed by atoms with Crippen molar-refractivity contribution in [2.45, 2.75) is 32.5 Å². The molecule has 1 aliphatic rings. The van der Waals surface area contributed by atoms with E-state index in [1.807, 2.05) is 20.8 Å². The number of likely N-dealkylation sites (tertiary alicyclic amines) is 1. The summed E-state index contributed by atoms with van der Waals surface area (Å²) in [5, 5.41) is 2.88. The Labute approximate surface area is 151 Å². The molecule has 2 rings (SSSR count). The number of rotatable bonds is 4. The van der Waals surface area contributed by atoms with Gasteiger partial charge < -0.3 is 19.7 Å². The number of hydrogen-bond donors (Lipinski definition) is 1. The fraction of sp³-hybridized carbons (Fsp3) is 0.625. The molecule has 24 heavy (non-hydrogen) atoms. The van der Waals surface area contributed by atoms with Crippen LogP contribution < -0.4 is 5.32 Å². The molecule has 6 nitrogen and oxygen atoms in total. The predicted molar refractivity (Wildman–Crippen MR) is 93.8 cm³/mol. The zero-order chi connectivity index (χ0) is 17.9. The topological polar surface area (TPSA) is 67.9 Å². The molecule has 1 aromatic heterocycles. The third-order valence-corrected chi connectivity index (χ3v) is 4.89. The molecule has 0 unspecified atom stereocenters. The molecule has 1 fully saturated rings. The number of carbonyl (C=O) groups excluding carboxylic acids is 2. The third kappa shape index (κ3) is 5.09. The summed E-state index contributed by atoms with van der Waals surface area (Å²) >= 11 is 7.08. The van der Waals surface area contributed by atoms with Crippen LogP contribution in [0.25, 0.3) is 0 Å². The summed E-state index contributed by atoms with van der Waals surface area (Å²) in [6.45, 7) is 6.86. The molecule has 0 bridgehead atoms. The second-order valence-corrected chi connectivity index (χ2v) is 8.45. The maximum Gasteiger partial charge on any atom is 0.410 e. The highest BCUT2D eigenvalue weighted by Crippen LogP contribution is 2.23. The first-order valence-electron chi connectivity index (χ1n) is 7.74. The lowest BCUT2D eigenvalue weighted by molar-refractivity contribution is 0.0251. The number of halogens is 1. The Balaban J connectivity index is 1.90. The van der Waals surface area contributed by atoms with Gasteiger partial charge in [0.25, 0.3) is 5.91 Å². The van der Waals surface area contributed by atoms with E-state index in [1.165, 1.54) is 11.3 Å². The van der Waals surface area contributed by atoms with Crippen LogP contribution in [0.4, 0.5) is 4.79 Å². The molecule has 1 aromatic rings. The normalized spacial score (nSPS) is 21.0. The number of hydrogen-bond acceptors (Lipinski definition) is 5. The van der Waals surface area contributed by atoms with Gasteiger partial charge in [-0.15, -0.1) is 11.3 Å². The molecule has 0 radical (unpaired) electrons. The highest BCUT2D eigenvalue weighted by Gasteiger charge is 2.37. The van der Waals surface area contributed by atoms with Gasteiger partial charge in [-0.1, -0.05) is 11.6 Å². The van der Waals surface area contributed by atoms with Crippen LogP contribution in [-0.2, 0) is 9.47 Å². The largest absolute Gasteiger partial charge is 0.444 e. The van der Waals surface area contributed by atoms with Gasteiger partial charge >= 0.3 is 6.09 Å². The molecule has 0 spiro atoms. The fourth-order valence-corrected chi connectivity index (χ4v) is 3.49. The van der Waals surface area contributed by atoms with Crippen molar-refractivity contribution in [3.05, 3.63) is 21.3 Å². The Bertz CT molecular complexity index is 599. The monoisotopic (exact) mass is 374 g/mol. The summed E-state index contributed by atoms with van der Waals surface area (Å²) in [7, 11) is 1.61. The number of amides is 2. The van der Waals surface area contributed by atoms with Crippen LogP contribution in [-0.4, -0.2) is 55.3 Å². The molecule has 0 saturated carbocycles. The summed E-state index contributed by atoms with van der Waals surface area (Å²) in [5.41, 5.74) is -0.537. The van der Waals surface area contributed by atoms with Gasteiger partial charge in [0.2, 0.25) is 0 Å². The summed E-state index contributed by atoms with van der Waals surface area (Å²) < 4.78 is 11.4. The Morgan fingerprint density at radius 2 is 2.08 bits per heavy atom. The smallest absolute Gasteiger partial charge is 0.410 e. The summed E-state index contributed by atoms with van der Waals surface area (Å²) in [6.07, 6.45) is -0.492. The molecule has 1 N–H and O–H groups in total. The van der Waals surface area contributed by atoms with Gasteiger partial charge in [0.1, 0.15) is 5.60 Å². The first kappa shape index (κ1) is 19.0. The lowest BCUT2D eigenvalue weighted by atomic mass is 10.1. The second kappa shape index (κ2) is 7.72. The first-order chi connectivity index (χ1) is 11.2. The van der Waals surface area contributed by atoms with Gasteiger partial charge in [-0.25, -0.2) is 4.79 Å². The maximum atomic E-state index is 12.2. The number of thiophene rings is 1. The minimum Gasteiger partial charge on any atom is -0.444 e. The van der Waals surface area contributed by atoms with Crippen LogP contribution >= 0.6 is 22.9 Å². The Hall–Kier alpha value is -1.31. The van der Waals surface area contributed by atoms with E-state index in [0.29, 0.717) is 28.8 Å². The lowest BCUT2D eigenvalue weighted by Gasteiger charge is -2.24. The van der Waals surface area contributed by atoms with Gasteiger partial charge in [0.05, 0.1) is 21.9 Å². The summed E-state index contributed by atoms with van der Waals surface area (Å²) in [5.74, 6) is -0.153. The number of nitrogens with one attached hydrogen (secondary N) is 1. The summed E-state index contributed by atoms with van der Waals surface area (Å²) in [6, 6.07) is 3.39. The molecule has 2 atom stereocenters. The zero-order valence-electron chi connectivity index (χ0n) is 14.3. The average Bonchev–Trinajstić information content (AvgIpc) is 3.09. The van der Waals surface area contributed by atoms with Crippen molar-refractivity contribution >= 4 is 34.9 Å². The minimum atomic E-state index is -0.537. The van der Waals surface area contributed by atoms with Crippen molar-refractivity contribution < 1.29 is 19.1 Å². The fourth-order valence-electron chi connectivity index (χ4n) is 2.53. The van der Waals surface area contributed by atoms with Gasteiger partial charge in [-0.05, 0) is 32.9 Å².